The van der Waals surface area contributed by atoms with Crippen LogP contribution >= 0.6 is 0 Å². The van der Waals surface area contributed by atoms with Gasteiger partial charge in [-0.2, -0.15) is 0 Å². The van der Waals surface area contributed by atoms with Crippen molar-refractivity contribution in [2.45, 2.75) is 13.3 Å². The van der Waals surface area contributed by atoms with E-state index >= 15 is 0 Å². The number of carbonyl (C=O) groups excluding carboxylic acids is 1. The number of aryl methyl sites for hydroxylation is 1. The second-order valence-corrected chi connectivity index (χ2v) is 6.39. The number of fused-ring (bicyclic) bond motifs is 1. The van der Waals surface area contributed by atoms with Crippen molar-refractivity contribution in [1.29, 1.82) is 0 Å². The van der Waals surface area contributed by atoms with E-state index in [9.17, 15) is 4.79 Å². The molecule has 1 aliphatic rings. The van der Waals surface area contributed by atoms with Crippen LogP contribution in [0.25, 0.3) is 11.3 Å². The maximum Gasteiger partial charge on any atom is 0.257 e. The fourth-order valence-corrected chi connectivity index (χ4v) is 3.07. The monoisotopic (exact) mass is 380 g/mol. The van der Waals surface area contributed by atoms with E-state index in [1.165, 1.54) is 0 Å². The summed E-state index contributed by atoms with van der Waals surface area (Å²) in [6.45, 7) is 2.43. The molecule has 0 saturated heterocycles. The minimum absolute atomic E-state index is 0.187. The summed E-state index contributed by atoms with van der Waals surface area (Å²) < 4.78 is 21.3. The minimum atomic E-state index is -0.222. The van der Waals surface area contributed by atoms with Gasteiger partial charge in [0.1, 0.15) is 11.3 Å². The van der Waals surface area contributed by atoms with E-state index in [-0.39, 0.29) is 12.7 Å². The van der Waals surface area contributed by atoms with Gasteiger partial charge in [0.25, 0.3) is 5.91 Å². The first-order valence-corrected chi connectivity index (χ1v) is 8.93. The normalized spacial score (nSPS) is 12.1. The largest absolute Gasteiger partial charge is 0.497 e. The summed E-state index contributed by atoms with van der Waals surface area (Å²) >= 11 is 0. The molecular weight excluding hydrogens is 360 g/mol. The van der Waals surface area contributed by atoms with Crippen molar-refractivity contribution in [1.82, 2.24) is 10.5 Å². The van der Waals surface area contributed by atoms with Crippen molar-refractivity contribution in [3.63, 3.8) is 0 Å². The number of amides is 1. The van der Waals surface area contributed by atoms with Gasteiger partial charge < -0.3 is 24.1 Å². The molecule has 0 spiro atoms. The van der Waals surface area contributed by atoms with Gasteiger partial charge in [-0.25, -0.2) is 0 Å². The molecule has 0 fully saturated rings. The molecule has 1 aliphatic heterocycles. The minimum Gasteiger partial charge on any atom is -0.497 e. The molecule has 0 aliphatic carbocycles. The van der Waals surface area contributed by atoms with Gasteiger partial charge in [-0.15, -0.1) is 0 Å². The number of carbonyl (C=O) groups is 1. The van der Waals surface area contributed by atoms with Gasteiger partial charge in [0.15, 0.2) is 17.3 Å². The van der Waals surface area contributed by atoms with E-state index in [4.69, 9.17) is 18.7 Å². The Bertz CT molecular complexity index is 995. The lowest BCUT2D eigenvalue weighted by Crippen LogP contribution is -2.26. The van der Waals surface area contributed by atoms with Crippen LogP contribution in [0.4, 0.5) is 0 Å². The molecule has 7 heteroatoms. The Kier molecular flexibility index (Phi) is 4.89. The predicted octanol–water partition coefficient (Wildman–Crippen LogP) is 3.36. The van der Waals surface area contributed by atoms with Gasteiger partial charge in [0, 0.05) is 12.1 Å². The van der Waals surface area contributed by atoms with Crippen LogP contribution in [0.15, 0.2) is 47.0 Å². The van der Waals surface area contributed by atoms with E-state index in [0.29, 0.717) is 47.0 Å². The summed E-state index contributed by atoms with van der Waals surface area (Å²) in [5.41, 5.74) is 2.78. The molecule has 1 N–H and O–H groups in total. The Hall–Kier alpha value is -3.48. The van der Waals surface area contributed by atoms with Crippen molar-refractivity contribution in [3.8, 4) is 28.6 Å². The van der Waals surface area contributed by atoms with Gasteiger partial charge in [0.05, 0.1) is 12.8 Å². The van der Waals surface area contributed by atoms with Crippen LogP contribution in [0.5, 0.6) is 17.2 Å². The number of ether oxygens (including phenoxy) is 3. The first kappa shape index (κ1) is 17.9. The number of nitrogens with one attached hydrogen (secondary N) is 1. The molecule has 28 heavy (non-hydrogen) atoms. The molecule has 1 aromatic heterocycles. The van der Waals surface area contributed by atoms with Crippen LogP contribution in [0.1, 0.15) is 21.6 Å². The number of aromatic nitrogens is 1. The lowest BCUT2D eigenvalue weighted by atomic mass is 10.1. The molecule has 0 radical (unpaired) electrons. The average molecular weight is 380 g/mol. The smallest absolute Gasteiger partial charge is 0.257 e. The maximum absolute atomic E-state index is 12.8. The second kappa shape index (κ2) is 7.64. The van der Waals surface area contributed by atoms with Crippen molar-refractivity contribution < 1.29 is 23.5 Å². The molecule has 144 valence electrons. The first-order valence-electron chi connectivity index (χ1n) is 8.93. The summed E-state index contributed by atoms with van der Waals surface area (Å²) in [6, 6.07) is 13.2. The summed E-state index contributed by atoms with van der Waals surface area (Å²) in [6.07, 6.45) is 0.708. The molecule has 2 heterocycles. The molecule has 0 bridgehead atoms. The topological polar surface area (TPSA) is 82.8 Å². The average Bonchev–Trinajstić information content (AvgIpc) is 3.34. The third-order valence-corrected chi connectivity index (χ3v) is 4.58. The standard InChI is InChI=1S/C21H20N2O5/c1-13-19(21(24)22-10-9-14-3-6-16(25-2)7-4-14)20(28-23-13)15-5-8-17-18(11-15)27-12-26-17/h3-8,11H,9-10,12H2,1-2H3,(H,22,24). The maximum atomic E-state index is 12.8. The van der Waals surface area contributed by atoms with Crippen molar-refractivity contribution in [2.75, 3.05) is 20.4 Å². The number of hydrogen-bond acceptors (Lipinski definition) is 6. The van der Waals surface area contributed by atoms with Crippen LogP contribution in [-0.2, 0) is 6.42 Å². The summed E-state index contributed by atoms with van der Waals surface area (Å²) in [5.74, 6) is 2.29. The highest BCUT2D eigenvalue weighted by molar-refractivity contribution is 6.00. The summed E-state index contributed by atoms with van der Waals surface area (Å²) in [7, 11) is 1.63. The van der Waals surface area contributed by atoms with Gasteiger partial charge >= 0.3 is 0 Å². The third kappa shape index (κ3) is 3.51. The Morgan fingerprint density at radius 2 is 1.93 bits per heavy atom. The fraction of sp³-hybridized carbons (Fsp3) is 0.238. The van der Waals surface area contributed by atoms with Crippen LogP contribution in [0.3, 0.4) is 0 Å². The number of methoxy groups -OCH3 is 1. The zero-order valence-corrected chi connectivity index (χ0v) is 15.7. The molecule has 3 aromatic rings. The second-order valence-electron chi connectivity index (χ2n) is 6.39. The van der Waals surface area contributed by atoms with E-state index in [1.54, 1.807) is 26.2 Å². The molecule has 0 unspecified atom stereocenters. The van der Waals surface area contributed by atoms with Gasteiger partial charge in [-0.3, -0.25) is 4.79 Å². The molecule has 1 amide bonds. The molecule has 7 nitrogen and oxygen atoms in total. The number of nitrogens with zero attached hydrogens (tertiary/aromatic N) is 1. The molecule has 0 saturated carbocycles. The lowest BCUT2D eigenvalue weighted by molar-refractivity contribution is 0.0954. The number of rotatable bonds is 6. The highest BCUT2D eigenvalue weighted by Crippen LogP contribution is 2.37. The van der Waals surface area contributed by atoms with E-state index in [1.807, 2.05) is 30.3 Å². The predicted molar refractivity (Wildman–Crippen MR) is 102 cm³/mol. The quantitative estimate of drug-likeness (QED) is 0.706. The van der Waals surface area contributed by atoms with Crippen LogP contribution in [0.2, 0.25) is 0 Å². The third-order valence-electron chi connectivity index (χ3n) is 4.58. The lowest BCUT2D eigenvalue weighted by Gasteiger charge is -2.07. The summed E-state index contributed by atoms with van der Waals surface area (Å²) in [5, 5.41) is 6.91. The molecule has 4 rings (SSSR count). The van der Waals surface area contributed by atoms with Crippen LogP contribution in [-0.4, -0.2) is 31.5 Å². The van der Waals surface area contributed by atoms with Crippen LogP contribution in [0, 0.1) is 6.92 Å². The van der Waals surface area contributed by atoms with Gasteiger partial charge in [-0.05, 0) is 49.2 Å². The molecular formula is C21H20N2O5. The molecule has 2 aromatic carbocycles. The Labute approximate surface area is 162 Å². The van der Waals surface area contributed by atoms with Crippen molar-refractivity contribution >= 4 is 5.91 Å². The zero-order chi connectivity index (χ0) is 19.5. The van der Waals surface area contributed by atoms with E-state index in [2.05, 4.69) is 10.5 Å². The Balaban J connectivity index is 1.46. The van der Waals surface area contributed by atoms with Gasteiger partial charge in [-0.1, -0.05) is 17.3 Å². The number of benzene rings is 2. The zero-order valence-electron chi connectivity index (χ0n) is 15.7. The highest BCUT2D eigenvalue weighted by Gasteiger charge is 2.23. The Morgan fingerprint density at radius 3 is 2.71 bits per heavy atom. The molecule has 0 atom stereocenters. The van der Waals surface area contributed by atoms with Crippen molar-refractivity contribution in [3.05, 3.63) is 59.3 Å². The Morgan fingerprint density at radius 1 is 1.14 bits per heavy atom. The van der Waals surface area contributed by atoms with E-state index in [0.717, 1.165) is 11.3 Å². The fourth-order valence-electron chi connectivity index (χ4n) is 3.07. The van der Waals surface area contributed by atoms with Crippen LogP contribution < -0.4 is 19.5 Å². The van der Waals surface area contributed by atoms with Crippen molar-refractivity contribution in [2.24, 2.45) is 0 Å². The van der Waals surface area contributed by atoms with Gasteiger partial charge in [0.2, 0.25) is 6.79 Å². The highest BCUT2D eigenvalue weighted by atomic mass is 16.7. The van der Waals surface area contributed by atoms with E-state index < -0.39 is 0 Å². The SMILES string of the molecule is COc1ccc(CCNC(=O)c2c(C)noc2-c2ccc3c(c2)OCO3)cc1. The first-order chi connectivity index (χ1) is 13.7. The number of hydrogen-bond donors (Lipinski definition) is 1. The summed E-state index contributed by atoms with van der Waals surface area (Å²) in [4.78, 5) is 12.8.